The molecule has 1 amide bonds. The number of rotatable bonds is 4. The Kier molecular flexibility index (Phi) is 4.62. The fourth-order valence-electron chi connectivity index (χ4n) is 3.01. The van der Waals surface area contributed by atoms with Gasteiger partial charge < -0.3 is 14.4 Å². The molecule has 21 heavy (non-hydrogen) atoms. The molecule has 0 spiro atoms. The molecule has 2 saturated heterocycles. The van der Waals surface area contributed by atoms with E-state index in [1.165, 1.54) is 4.88 Å². The summed E-state index contributed by atoms with van der Waals surface area (Å²) in [6.45, 7) is 7.94. The molecule has 0 radical (unpaired) electrons. The van der Waals surface area contributed by atoms with Crippen LogP contribution in [0.4, 0.5) is 0 Å². The van der Waals surface area contributed by atoms with Gasteiger partial charge in [-0.25, -0.2) is 0 Å². The van der Waals surface area contributed by atoms with Gasteiger partial charge in [-0.3, -0.25) is 4.79 Å². The van der Waals surface area contributed by atoms with Crippen molar-refractivity contribution in [2.45, 2.75) is 32.7 Å². The Hall–Kier alpha value is -0.910. The van der Waals surface area contributed by atoms with Crippen molar-refractivity contribution in [2.24, 2.45) is 5.92 Å². The molecular weight excluding hydrogens is 286 g/mol. The number of thiophene rings is 1. The number of ether oxygens (including phenoxy) is 2. The summed E-state index contributed by atoms with van der Waals surface area (Å²) in [6.07, 6.45) is 2.11. The zero-order chi connectivity index (χ0) is 14.8. The van der Waals surface area contributed by atoms with E-state index in [1.54, 1.807) is 11.3 Å². The molecule has 0 aliphatic carbocycles. The highest BCUT2D eigenvalue weighted by Crippen LogP contribution is 2.26. The van der Waals surface area contributed by atoms with Crippen molar-refractivity contribution >= 4 is 17.2 Å². The smallest absolute Gasteiger partial charge is 0.255 e. The lowest BCUT2D eigenvalue weighted by molar-refractivity contribution is -0.0618. The van der Waals surface area contributed by atoms with Crippen LogP contribution in [0, 0.1) is 19.8 Å². The van der Waals surface area contributed by atoms with Crippen LogP contribution in [-0.4, -0.2) is 49.8 Å². The van der Waals surface area contributed by atoms with E-state index in [-0.39, 0.29) is 11.9 Å². The van der Waals surface area contributed by atoms with E-state index in [1.807, 2.05) is 17.9 Å². The largest absolute Gasteiger partial charge is 0.381 e. The Bertz CT molecular complexity index is 504. The second-order valence-corrected chi connectivity index (χ2v) is 7.49. The van der Waals surface area contributed by atoms with Crippen LogP contribution in [0.25, 0.3) is 0 Å². The molecule has 116 valence electrons. The second kappa shape index (κ2) is 6.46. The zero-order valence-corrected chi connectivity index (χ0v) is 13.6. The van der Waals surface area contributed by atoms with Gasteiger partial charge in [-0.2, -0.15) is 0 Å². The highest BCUT2D eigenvalue weighted by molar-refractivity contribution is 7.12. The fourth-order valence-corrected chi connectivity index (χ4v) is 3.92. The molecule has 2 aliphatic heterocycles. The predicted molar refractivity (Wildman–Crippen MR) is 83.0 cm³/mol. The van der Waals surface area contributed by atoms with Crippen molar-refractivity contribution in [2.75, 3.05) is 33.0 Å². The Balaban J connectivity index is 1.74. The molecular formula is C16H23NO3S. The monoisotopic (exact) mass is 309 g/mol. The molecule has 0 saturated carbocycles. The Morgan fingerprint density at radius 2 is 2.00 bits per heavy atom. The zero-order valence-electron chi connectivity index (χ0n) is 12.8. The maximum Gasteiger partial charge on any atom is 0.255 e. The summed E-state index contributed by atoms with van der Waals surface area (Å²) >= 11 is 1.70. The molecule has 0 unspecified atom stereocenters. The van der Waals surface area contributed by atoms with E-state index in [0.717, 1.165) is 43.0 Å². The first kappa shape index (κ1) is 15.0. The molecule has 2 aliphatic rings. The van der Waals surface area contributed by atoms with Crippen molar-refractivity contribution in [1.82, 2.24) is 4.90 Å². The van der Waals surface area contributed by atoms with Crippen molar-refractivity contribution in [3.05, 3.63) is 21.4 Å². The van der Waals surface area contributed by atoms with E-state index >= 15 is 0 Å². The van der Waals surface area contributed by atoms with Gasteiger partial charge in [-0.1, -0.05) is 0 Å². The summed E-state index contributed by atoms with van der Waals surface area (Å²) in [7, 11) is 0. The van der Waals surface area contributed by atoms with Crippen LogP contribution in [0.1, 0.15) is 33.0 Å². The molecule has 0 aromatic carbocycles. The third kappa shape index (κ3) is 3.30. The Labute approximate surface area is 130 Å². The molecule has 0 atom stereocenters. The van der Waals surface area contributed by atoms with Crippen LogP contribution in [0.15, 0.2) is 6.07 Å². The molecule has 4 nitrogen and oxygen atoms in total. The highest BCUT2D eigenvalue weighted by Gasteiger charge is 2.33. The number of nitrogens with zero attached hydrogens (tertiary/aromatic N) is 1. The third-order valence-electron chi connectivity index (χ3n) is 4.39. The van der Waals surface area contributed by atoms with Gasteiger partial charge in [-0.15, -0.1) is 11.3 Å². The molecule has 0 bridgehead atoms. The SMILES string of the molecule is Cc1cc(C(=O)N(CC2CCOCC2)C2COC2)c(C)s1. The first-order valence-corrected chi connectivity index (χ1v) is 8.50. The van der Waals surface area contributed by atoms with Crippen LogP contribution in [0.5, 0.6) is 0 Å². The third-order valence-corrected chi connectivity index (χ3v) is 5.36. The van der Waals surface area contributed by atoms with Crippen LogP contribution in [0.3, 0.4) is 0 Å². The fraction of sp³-hybridized carbons (Fsp3) is 0.688. The minimum atomic E-state index is 0.177. The lowest BCUT2D eigenvalue weighted by Crippen LogP contribution is -2.53. The quantitative estimate of drug-likeness (QED) is 0.858. The number of aryl methyl sites for hydroxylation is 2. The molecule has 0 N–H and O–H groups in total. The highest BCUT2D eigenvalue weighted by atomic mass is 32.1. The van der Waals surface area contributed by atoms with Gasteiger partial charge in [0, 0.05) is 29.5 Å². The minimum absolute atomic E-state index is 0.177. The van der Waals surface area contributed by atoms with E-state index < -0.39 is 0 Å². The molecule has 1 aromatic heterocycles. The molecule has 2 fully saturated rings. The number of carbonyl (C=O) groups is 1. The van der Waals surface area contributed by atoms with Crippen molar-refractivity contribution in [1.29, 1.82) is 0 Å². The van der Waals surface area contributed by atoms with Crippen molar-refractivity contribution in [3.8, 4) is 0 Å². The first-order valence-electron chi connectivity index (χ1n) is 7.68. The maximum atomic E-state index is 12.9. The van der Waals surface area contributed by atoms with Gasteiger partial charge in [-0.05, 0) is 38.7 Å². The standard InChI is InChI=1S/C16H23NO3S/c1-11-7-15(12(2)21-11)16(18)17(14-9-20-10-14)8-13-3-5-19-6-4-13/h7,13-14H,3-6,8-10H2,1-2H3. The van der Waals surface area contributed by atoms with Gasteiger partial charge in [0.2, 0.25) is 0 Å². The summed E-state index contributed by atoms with van der Waals surface area (Å²) in [5.74, 6) is 0.736. The second-order valence-electron chi connectivity index (χ2n) is 6.03. The van der Waals surface area contributed by atoms with Gasteiger partial charge in [0.25, 0.3) is 5.91 Å². The van der Waals surface area contributed by atoms with Gasteiger partial charge in [0.1, 0.15) is 0 Å². The normalized spacial score (nSPS) is 20.3. The minimum Gasteiger partial charge on any atom is -0.381 e. The van der Waals surface area contributed by atoms with E-state index in [2.05, 4.69) is 6.92 Å². The summed E-state index contributed by atoms with van der Waals surface area (Å²) < 4.78 is 10.7. The average molecular weight is 309 g/mol. The first-order chi connectivity index (χ1) is 10.1. The molecule has 3 heterocycles. The number of hydrogen-bond acceptors (Lipinski definition) is 4. The van der Waals surface area contributed by atoms with Gasteiger partial charge in [0.05, 0.1) is 24.8 Å². The summed E-state index contributed by atoms with van der Waals surface area (Å²) in [5.41, 5.74) is 0.872. The molecule has 3 rings (SSSR count). The Morgan fingerprint density at radius 3 is 2.52 bits per heavy atom. The van der Waals surface area contributed by atoms with Crippen LogP contribution >= 0.6 is 11.3 Å². The lowest BCUT2D eigenvalue weighted by Gasteiger charge is -2.40. The molecule has 1 aromatic rings. The summed E-state index contributed by atoms with van der Waals surface area (Å²) in [6, 6.07) is 2.28. The van der Waals surface area contributed by atoms with Crippen LogP contribution in [0.2, 0.25) is 0 Å². The lowest BCUT2D eigenvalue weighted by atomic mass is 9.98. The van der Waals surface area contributed by atoms with Gasteiger partial charge in [0.15, 0.2) is 0 Å². The summed E-state index contributed by atoms with van der Waals surface area (Å²) in [5, 5.41) is 0. The summed E-state index contributed by atoms with van der Waals surface area (Å²) in [4.78, 5) is 17.3. The number of carbonyl (C=O) groups excluding carboxylic acids is 1. The Morgan fingerprint density at radius 1 is 1.29 bits per heavy atom. The maximum absolute atomic E-state index is 12.9. The van der Waals surface area contributed by atoms with Crippen LogP contribution < -0.4 is 0 Å². The number of amides is 1. The molecule has 5 heteroatoms. The van der Waals surface area contributed by atoms with E-state index in [9.17, 15) is 4.79 Å². The van der Waals surface area contributed by atoms with Crippen LogP contribution in [-0.2, 0) is 9.47 Å². The topological polar surface area (TPSA) is 38.8 Å². The average Bonchev–Trinajstić information content (AvgIpc) is 2.75. The predicted octanol–water partition coefficient (Wildman–Crippen LogP) is 2.63. The van der Waals surface area contributed by atoms with Crippen molar-refractivity contribution in [3.63, 3.8) is 0 Å². The van der Waals surface area contributed by atoms with Crippen molar-refractivity contribution < 1.29 is 14.3 Å². The van der Waals surface area contributed by atoms with E-state index in [0.29, 0.717) is 19.1 Å². The van der Waals surface area contributed by atoms with Gasteiger partial charge >= 0.3 is 0 Å². The number of hydrogen-bond donors (Lipinski definition) is 0. The van der Waals surface area contributed by atoms with E-state index in [4.69, 9.17) is 9.47 Å².